The second-order valence-corrected chi connectivity index (χ2v) is 5.24. The molecule has 1 amide bonds. The van der Waals surface area contributed by atoms with Gasteiger partial charge in [-0.2, -0.15) is 0 Å². The van der Waals surface area contributed by atoms with Gasteiger partial charge in [0.25, 0.3) is 5.91 Å². The van der Waals surface area contributed by atoms with Gasteiger partial charge in [-0.1, -0.05) is 11.3 Å². The maximum Gasteiger partial charge on any atom is 0.253 e. The molecule has 5 nitrogen and oxygen atoms in total. The highest BCUT2D eigenvalue weighted by atomic mass is 32.1. The molecule has 1 aromatic carbocycles. The molecule has 1 unspecified atom stereocenters. The van der Waals surface area contributed by atoms with E-state index >= 15 is 0 Å². The van der Waals surface area contributed by atoms with Gasteiger partial charge < -0.3 is 15.7 Å². The molecule has 96 valence electrons. The summed E-state index contributed by atoms with van der Waals surface area (Å²) in [5, 5.41) is 9.55. The number of aliphatic hydroxyl groups is 1. The lowest BCUT2D eigenvalue weighted by atomic mass is 10.1. The van der Waals surface area contributed by atoms with Crippen LogP contribution in [0.5, 0.6) is 0 Å². The maximum atomic E-state index is 12.2. The molecule has 0 aliphatic heterocycles. The Labute approximate surface area is 109 Å². The number of anilines is 1. The number of benzene rings is 1. The van der Waals surface area contributed by atoms with Gasteiger partial charge in [-0.3, -0.25) is 4.79 Å². The third-order valence-corrected chi connectivity index (χ3v) is 3.74. The fourth-order valence-corrected chi connectivity index (χ4v) is 2.38. The second kappa shape index (κ2) is 4.91. The number of amides is 1. The van der Waals surface area contributed by atoms with Gasteiger partial charge >= 0.3 is 0 Å². The van der Waals surface area contributed by atoms with Crippen LogP contribution in [0.15, 0.2) is 18.2 Å². The molecule has 6 heteroatoms. The Morgan fingerprint density at radius 2 is 2.33 bits per heavy atom. The molecular formula is C12H15N3O2S. The molecule has 0 spiro atoms. The van der Waals surface area contributed by atoms with Crippen molar-refractivity contribution < 1.29 is 9.90 Å². The van der Waals surface area contributed by atoms with E-state index in [-0.39, 0.29) is 18.6 Å². The first kappa shape index (κ1) is 12.8. The molecule has 0 saturated heterocycles. The van der Waals surface area contributed by atoms with Crippen LogP contribution in [0.4, 0.5) is 5.13 Å². The summed E-state index contributed by atoms with van der Waals surface area (Å²) in [6.07, 6.45) is 0. The van der Waals surface area contributed by atoms with E-state index < -0.39 is 0 Å². The normalized spacial score (nSPS) is 12.6. The number of aliphatic hydroxyl groups excluding tert-OH is 1. The molecule has 0 aliphatic rings. The van der Waals surface area contributed by atoms with Crippen molar-refractivity contribution in [2.75, 3.05) is 19.4 Å². The quantitative estimate of drug-likeness (QED) is 0.877. The van der Waals surface area contributed by atoms with Crippen molar-refractivity contribution in [3.63, 3.8) is 0 Å². The molecular weight excluding hydrogens is 250 g/mol. The first-order valence-corrected chi connectivity index (χ1v) is 6.38. The number of hydrogen-bond donors (Lipinski definition) is 2. The summed E-state index contributed by atoms with van der Waals surface area (Å²) in [7, 11) is 1.68. The lowest BCUT2D eigenvalue weighted by Crippen LogP contribution is -2.37. The highest BCUT2D eigenvalue weighted by Crippen LogP contribution is 2.25. The van der Waals surface area contributed by atoms with E-state index in [0.29, 0.717) is 10.7 Å². The van der Waals surface area contributed by atoms with Crippen LogP contribution in [-0.4, -0.2) is 40.6 Å². The SMILES string of the molecule is CC(CO)N(C)C(=O)c1ccc2nc(N)sc2c1. The zero-order chi connectivity index (χ0) is 13.3. The lowest BCUT2D eigenvalue weighted by Gasteiger charge is -2.23. The van der Waals surface area contributed by atoms with Crippen molar-refractivity contribution in [2.24, 2.45) is 0 Å². The minimum absolute atomic E-state index is 0.0575. The molecule has 0 fully saturated rings. The van der Waals surface area contributed by atoms with Gasteiger partial charge in [0, 0.05) is 12.6 Å². The fourth-order valence-electron chi connectivity index (χ4n) is 1.60. The Kier molecular flexibility index (Phi) is 3.49. The molecule has 2 aromatic rings. The van der Waals surface area contributed by atoms with Crippen molar-refractivity contribution in [1.82, 2.24) is 9.88 Å². The van der Waals surface area contributed by atoms with Crippen LogP contribution >= 0.6 is 11.3 Å². The topological polar surface area (TPSA) is 79.5 Å². The van der Waals surface area contributed by atoms with E-state index in [2.05, 4.69) is 4.98 Å². The van der Waals surface area contributed by atoms with Crippen LogP contribution in [0.3, 0.4) is 0 Å². The van der Waals surface area contributed by atoms with Crippen molar-refractivity contribution >= 4 is 32.6 Å². The highest BCUT2D eigenvalue weighted by Gasteiger charge is 2.17. The molecule has 0 radical (unpaired) electrons. The number of fused-ring (bicyclic) bond motifs is 1. The highest BCUT2D eigenvalue weighted by molar-refractivity contribution is 7.22. The molecule has 1 aromatic heterocycles. The van der Waals surface area contributed by atoms with E-state index in [0.717, 1.165) is 10.2 Å². The first-order valence-electron chi connectivity index (χ1n) is 5.57. The number of nitrogen functional groups attached to an aromatic ring is 1. The van der Waals surface area contributed by atoms with Crippen molar-refractivity contribution in [2.45, 2.75) is 13.0 Å². The van der Waals surface area contributed by atoms with Crippen molar-refractivity contribution in [1.29, 1.82) is 0 Å². The number of nitrogens with zero attached hydrogens (tertiary/aromatic N) is 2. The molecule has 0 bridgehead atoms. The van der Waals surface area contributed by atoms with Crippen molar-refractivity contribution in [3.8, 4) is 0 Å². The lowest BCUT2D eigenvalue weighted by molar-refractivity contribution is 0.0682. The van der Waals surface area contributed by atoms with Gasteiger partial charge in [-0.05, 0) is 25.1 Å². The monoisotopic (exact) mass is 265 g/mol. The van der Waals surface area contributed by atoms with Gasteiger partial charge in [-0.15, -0.1) is 0 Å². The summed E-state index contributed by atoms with van der Waals surface area (Å²) in [5.74, 6) is -0.120. The van der Waals surface area contributed by atoms with E-state index in [1.54, 1.807) is 32.2 Å². The molecule has 2 rings (SSSR count). The zero-order valence-electron chi connectivity index (χ0n) is 10.3. The van der Waals surface area contributed by atoms with Crippen LogP contribution in [0.2, 0.25) is 0 Å². The molecule has 1 atom stereocenters. The number of nitrogens with two attached hydrogens (primary N) is 1. The Hall–Kier alpha value is -1.66. The summed E-state index contributed by atoms with van der Waals surface area (Å²) in [5.41, 5.74) is 7.00. The predicted octanol–water partition coefficient (Wildman–Crippen LogP) is 1.33. The standard InChI is InChI=1S/C12H15N3O2S/c1-7(6-16)15(2)11(17)8-3-4-9-10(5-8)18-12(13)14-9/h3-5,7,16H,6H2,1-2H3,(H2,13,14). The smallest absolute Gasteiger partial charge is 0.253 e. The predicted molar refractivity (Wildman–Crippen MR) is 72.7 cm³/mol. The largest absolute Gasteiger partial charge is 0.394 e. The third-order valence-electron chi connectivity index (χ3n) is 2.90. The van der Waals surface area contributed by atoms with Crippen LogP contribution in [-0.2, 0) is 0 Å². The van der Waals surface area contributed by atoms with Gasteiger partial charge in [0.1, 0.15) is 0 Å². The van der Waals surface area contributed by atoms with Gasteiger partial charge in [0.05, 0.1) is 22.9 Å². The minimum atomic E-state index is -0.209. The Balaban J connectivity index is 2.33. The van der Waals surface area contributed by atoms with Crippen LogP contribution in [0, 0.1) is 0 Å². The Morgan fingerprint density at radius 1 is 1.61 bits per heavy atom. The summed E-state index contributed by atoms with van der Waals surface area (Å²) in [4.78, 5) is 17.8. The van der Waals surface area contributed by atoms with Crippen LogP contribution in [0.25, 0.3) is 10.2 Å². The van der Waals surface area contributed by atoms with E-state index in [9.17, 15) is 4.79 Å². The number of aromatic nitrogens is 1. The van der Waals surface area contributed by atoms with Crippen LogP contribution < -0.4 is 5.73 Å². The molecule has 18 heavy (non-hydrogen) atoms. The van der Waals surface area contributed by atoms with Gasteiger partial charge in [-0.25, -0.2) is 4.98 Å². The Bertz CT molecular complexity index is 582. The number of likely N-dealkylation sites (N-methyl/N-ethyl adjacent to an activating group) is 1. The maximum absolute atomic E-state index is 12.2. The summed E-state index contributed by atoms with van der Waals surface area (Å²) < 4.78 is 0.892. The van der Waals surface area contributed by atoms with Crippen molar-refractivity contribution in [3.05, 3.63) is 23.8 Å². The van der Waals surface area contributed by atoms with E-state index in [1.807, 2.05) is 0 Å². The van der Waals surface area contributed by atoms with E-state index in [4.69, 9.17) is 10.8 Å². The summed E-state index contributed by atoms with van der Waals surface area (Å²) in [6.45, 7) is 1.74. The second-order valence-electron chi connectivity index (χ2n) is 4.18. The number of carbonyl (C=O) groups is 1. The fraction of sp³-hybridized carbons (Fsp3) is 0.333. The Morgan fingerprint density at radius 3 is 3.00 bits per heavy atom. The number of hydrogen-bond acceptors (Lipinski definition) is 5. The van der Waals surface area contributed by atoms with Gasteiger partial charge in [0.15, 0.2) is 5.13 Å². The summed E-state index contributed by atoms with van der Waals surface area (Å²) in [6, 6.07) is 5.09. The molecule has 0 aliphatic carbocycles. The summed E-state index contributed by atoms with van der Waals surface area (Å²) >= 11 is 1.36. The average molecular weight is 265 g/mol. The first-order chi connectivity index (χ1) is 8.52. The van der Waals surface area contributed by atoms with Gasteiger partial charge in [0.2, 0.25) is 0 Å². The molecule has 3 N–H and O–H groups in total. The molecule has 1 heterocycles. The van der Waals surface area contributed by atoms with E-state index in [1.165, 1.54) is 16.2 Å². The number of thiazole rings is 1. The number of carbonyl (C=O) groups excluding carboxylic acids is 1. The zero-order valence-corrected chi connectivity index (χ0v) is 11.1. The minimum Gasteiger partial charge on any atom is -0.394 e. The molecule has 0 saturated carbocycles. The average Bonchev–Trinajstić information content (AvgIpc) is 2.74. The number of rotatable bonds is 3. The van der Waals surface area contributed by atoms with Crippen LogP contribution in [0.1, 0.15) is 17.3 Å². The third kappa shape index (κ3) is 2.30.